The van der Waals surface area contributed by atoms with Crippen LogP contribution in [-0.2, 0) is 11.3 Å². The molecule has 0 atom stereocenters. The minimum Gasteiger partial charge on any atom is -0.378 e. The van der Waals surface area contributed by atoms with Crippen molar-refractivity contribution in [2.24, 2.45) is 0 Å². The molecule has 6 nitrogen and oxygen atoms in total. The van der Waals surface area contributed by atoms with Crippen LogP contribution < -0.4 is 10.2 Å². The van der Waals surface area contributed by atoms with Gasteiger partial charge in [-0.25, -0.2) is 0 Å². The van der Waals surface area contributed by atoms with E-state index in [4.69, 9.17) is 0 Å². The molecule has 0 aromatic heterocycles. The summed E-state index contributed by atoms with van der Waals surface area (Å²) in [7, 11) is 3.93. The Morgan fingerprint density at radius 3 is 2.46 bits per heavy atom. The zero-order valence-electron chi connectivity index (χ0n) is 13.6. The molecule has 0 aliphatic rings. The highest BCUT2D eigenvalue weighted by molar-refractivity contribution is 5.92. The van der Waals surface area contributed by atoms with Gasteiger partial charge in [-0.1, -0.05) is 24.3 Å². The highest BCUT2D eigenvalue weighted by Crippen LogP contribution is 2.18. The summed E-state index contributed by atoms with van der Waals surface area (Å²) >= 11 is 0. The molecule has 0 bridgehead atoms. The van der Waals surface area contributed by atoms with Crippen LogP contribution >= 0.6 is 0 Å². The van der Waals surface area contributed by atoms with Gasteiger partial charge in [0.15, 0.2) is 0 Å². The number of nitrogens with one attached hydrogen (secondary N) is 1. The van der Waals surface area contributed by atoms with Crippen molar-refractivity contribution in [2.45, 2.75) is 6.54 Å². The summed E-state index contributed by atoms with van der Waals surface area (Å²) in [6, 6.07) is 14.1. The molecule has 0 aliphatic carbocycles. The summed E-state index contributed by atoms with van der Waals surface area (Å²) in [5.41, 5.74) is 2.43. The first-order chi connectivity index (χ1) is 11.5. The fourth-order valence-electron chi connectivity index (χ4n) is 2.12. The highest BCUT2D eigenvalue weighted by Gasteiger charge is 2.09. The summed E-state index contributed by atoms with van der Waals surface area (Å²) in [6.07, 6.45) is 2.75. The van der Waals surface area contributed by atoms with Gasteiger partial charge >= 0.3 is 0 Å². The van der Waals surface area contributed by atoms with Gasteiger partial charge in [-0.2, -0.15) is 0 Å². The predicted molar refractivity (Wildman–Crippen MR) is 94.7 cm³/mol. The summed E-state index contributed by atoms with van der Waals surface area (Å²) in [6.45, 7) is 0.397. The molecule has 1 amide bonds. The number of amides is 1. The molecule has 0 saturated carbocycles. The Kier molecular flexibility index (Phi) is 5.68. The largest absolute Gasteiger partial charge is 0.378 e. The van der Waals surface area contributed by atoms with Crippen LogP contribution in [0.3, 0.4) is 0 Å². The molecule has 0 heterocycles. The fourth-order valence-corrected chi connectivity index (χ4v) is 2.12. The van der Waals surface area contributed by atoms with E-state index in [-0.39, 0.29) is 11.6 Å². The third-order valence-corrected chi connectivity index (χ3v) is 3.47. The molecule has 0 spiro atoms. The highest BCUT2D eigenvalue weighted by atomic mass is 16.6. The Hall–Kier alpha value is -3.15. The SMILES string of the molecule is CN(C)c1ccc(CNC(=O)/C=C/c2ccccc2[N+](=O)[O-])cc1. The number of benzene rings is 2. The molecule has 0 aliphatic heterocycles. The van der Waals surface area contributed by atoms with Gasteiger partial charge in [0.05, 0.1) is 10.5 Å². The number of rotatable bonds is 6. The first kappa shape index (κ1) is 17.2. The first-order valence-corrected chi connectivity index (χ1v) is 7.43. The number of para-hydroxylation sites is 1. The minimum absolute atomic E-state index is 0.0270. The van der Waals surface area contributed by atoms with Gasteiger partial charge in [0.2, 0.25) is 5.91 Å². The van der Waals surface area contributed by atoms with Crippen LogP contribution in [0.15, 0.2) is 54.6 Å². The van der Waals surface area contributed by atoms with Gasteiger partial charge in [-0.05, 0) is 29.8 Å². The molecule has 124 valence electrons. The van der Waals surface area contributed by atoms with Crippen LogP contribution in [0.4, 0.5) is 11.4 Å². The van der Waals surface area contributed by atoms with Crippen molar-refractivity contribution in [2.75, 3.05) is 19.0 Å². The quantitative estimate of drug-likeness (QED) is 0.503. The number of hydrogen-bond acceptors (Lipinski definition) is 4. The molecule has 2 rings (SSSR count). The van der Waals surface area contributed by atoms with Gasteiger partial charge < -0.3 is 10.2 Å². The van der Waals surface area contributed by atoms with Crippen LogP contribution in [0, 0.1) is 10.1 Å². The Morgan fingerprint density at radius 2 is 1.83 bits per heavy atom. The van der Waals surface area contributed by atoms with E-state index in [2.05, 4.69) is 5.32 Å². The molecule has 0 radical (unpaired) electrons. The van der Waals surface area contributed by atoms with E-state index < -0.39 is 4.92 Å². The van der Waals surface area contributed by atoms with E-state index in [1.165, 1.54) is 18.2 Å². The maximum atomic E-state index is 11.9. The fraction of sp³-hybridized carbons (Fsp3) is 0.167. The van der Waals surface area contributed by atoms with Crippen molar-refractivity contribution in [3.63, 3.8) is 0 Å². The average molecular weight is 325 g/mol. The van der Waals surface area contributed by atoms with Gasteiger partial charge in [0.1, 0.15) is 0 Å². The van der Waals surface area contributed by atoms with E-state index in [0.29, 0.717) is 12.1 Å². The zero-order chi connectivity index (χ0) is 17.5. The molecule has 0 fully saturated rings. The normalized spacial score (nSPS) is 10.6. The standard InChI is InChI=1S/C18H19N3O3/c1-20(2)16-10-7-14(8-11-16)13-19-18(22)12-9-15-5-3-4-6-17(15)21(23)24/h3-12H,13H2,1-2H3,(H,19,22)/b12-9+. The van der Waals surface area contributed by atoms with Crippen molar-refractivity contribution < 1.29 is 9.72 Å². The Labute approximate surface area is 140 Å². The summed E-state index contributed by atoms with van der Waals surface area (Å²) in [4.78, 5) is 24.3. The topological polar surface area (TPSA) is 75.5 Å². The molecule has 24 heavy (non-hydrogen) atoms. The second-order valence-corrected chi connectivity index (χ2v) is 5.43. The van der Waals surface area contributed by atoms with Crippen LogP contribution in [0.1, 0.15) is 11.1 Å². The van der Waals surface area contributed by atoms with E-state index >= 15 is 0 Å². The number of hydrogen-bond donors (Lipinski definition) is 1. The maximum absolute atomic E-state index is 11.9. The maximum Gasteiger partial charge on any atom is 0.276 e. The number of nitrogens with zero attached hydrogens (tertiary/aromatic N) is 2. The van der Waals surface area contributed by atoms with Crippen molar-refractivity contribution in [3.8, 4) is 0 Å². The molecular formula is C18H19N3O3. The van der Waals surface area contributed by atoms with E-state index in [9.17, 15) is 14.9 Å². The third-order valence-electron chi connectivity index (χ3n) is 3.47. The van der Waals surface area contributed by atoms with Crippen molar-refractivity contribution in [1.29, 1.82) is 0 Å². The lowest BCUT2D eigenvalue weighted by atomic mass is 10.1. The number of nitro groups is 1. The predicted octanol–water partition coefficient (Wildman–Crippen LogP) is 2.99. The van der Waals surface area contributed by atoms with Gasteiger partial charge in [0.25, 0.3) is 5.69 Å². The monoisotopic (exact) mass is 325 g/mol. The van der Waals surface area contributed by atoms with E-state index in [1.54, 1.807) is 18.2 Å². The van der Waals surface area contributed by atoms with E-state index in [1.807, 2.05) is 43.3 Å². The van der Waals surface area contributed by atoms with Gasteiger partial charge in [-0.3, -0.25) is 14.9 Å². The van der Waals surface area contributed by atoms with Gasteiger partial charge in [-0.15, -0.1) is 0 Å². The molecular weight excluding hydrogens is 306 g/mol. The average Bonchev–Trinajstić information content (AvgIpc) is 2.58. The van der Waals surface area contributed by atoms with Crippen LogP contribution in [0.5, 0.6) is 0 Å². The summed E-state index contributed by atoms with van der Waals surface area (Å²) in [5.74, 6) is -0.301. The second-order valence-electron chi connectivity index (χ2n) is 5.43. The van der Waals surface area contributed by atoms with Crippen molar-refractivity contribution >= 4 is 23.4 Å². The Morgan fingerprint density at radius 1 is 1.17 bits per heavy atom. The summed E-state index contributed by atoms with van der Waals surface area (Å²) < 4.78 is 0. The number of carbonyl (C=O) groups is 1. The number of carbonyl (C=O) groups excluding carboxylic acids is 1. The molecule has 0 unspecified atom stereocenters. The number of anilines is 1. The van der Waals surface area contributed by atoms with Crippen LogP contribution in [-0.4, -0.2) is 24.9 Å². The lowest BCUT2D eigenvalue weighted by molar-refractivity contribution is -0.385. The smallest absolute Gasteiger partial charge is 0.276 e. The Bertz CT molecular complexity index is 752. The van der Waals surface area contributed by atoms with E-state index in [0.717, 1.165) is 11.3 Å². The van der Waals surface area contributed by atoms with Crippen molar-refractivity contribution in [3.05, 3.63) is 75.8 Å². The second kappa shape index (κ2) is 7.92. The molecule has 1 N–H and O–H groups in total. The number of nitro benzene ring substituents is 1. The van der Waals surface area contributed by atoms with Gasteiger partial charge in [0, 0.05) is 38.5 Å². The lowest BCUT2D eigenvalue weighted by Crippen LogP contribution is -2.20. The van der Waals surface area contributed by atoms with Crippen LogP contribution in [0.25, 0.3) is 6.08 Å². The lowest BCUT2D eigenvalue weighted by Gasteiger charge is -2.12. The Balaban J connectivity index is 1.95. The minimum atomic E-state index is -0.468. The first-order valence-electron chi connectivity index (χ1n) is 7.43. The zero-order valence-corrected chi connectivity index (χ0v) is 13.6. The van der Waals surface area contributed by atoms with Crippen LogP contribution in [0.2, 0.25) is 0 Å². The molecule has 6 heteroatoms. The van der Waals surface area contributed by atoms with Crippen molar-refractivity contribution in [1.82, 2.24) is 5.32 Å². The summed E-state index contributed by atoms with van der Waals surface area (Å²) in [5, 5.41) is 13.7. The third kappa shape index (κ3) is 4.67. The molecule has 2 aromatic rings. The molecule has 2 aromatic carbocycles. The molecule has 0 saturated heterocycles.